The summed E-state index contributed by atoms with van der Waals surface area (Å²) in [4.78, 5) is 0. The highest BCUT2D eigenvalue weighted by Crippen LogP contribution is 2.29. The van der Waals surface area contributed by atoms with E-state index in [4.69, 9.17) is 4.74 Å². The van der Waals surface area contributed by atoms with Crippen LogP contribution in [0.4, 0.5) is 0 Å². The van der Waals surface area contributed by atoms with Crippen molar-refractivity contribution >= 4 is 6.08 Å². The van der Waals surface area contributed by atoms with Crippen LogP contribution in [0.3, 0.4) is 0 Å². The van der Waals surface area contributed by atoms with E-state index >= 15 is 0 Å². The fraction of sp³-hybridized carbons (Fsp3) is 0.273. The van der Waals surface area contributed by atoms with Crippen LogP contribution in [0, 0.1) is 0 Å². The molecule has 0 amide bonds. The van der Waals surface area contributed by atoms with Gasteiger partial charge in [-0.15, -0.1) is 0 Å². The van der Waals surface area contributed by atoms with Crippen LogP contribution in [0.2, 0.25) is 0 Å². The molecule has 68 valence electrons. The van der Waals surface area contributed by atoms with Gasteiger partial charge in [-0.2, -0.15) is 0 Å². The van der Waals surface area contributed by atoms with E-state index < -0.39 is 0 Å². The van der Waals surface area contributed by atoms with Gasteiger partial charge >= 0.3 is 0 Å². The van der Waals surface area contributed by atoms with Crippen LogP contribution in [-0.4, -0.2) is 11.2 Å². The highest BCUT2D eigenvalue weighted by molar-refractivity contribution is 5.61. The lowest BCUT2D eigenvalue weighted by atomic mass is 10.1. The van der Waals surface area contributed by atoms with Gasteiger partial charge in [-0.3, -0.25) is 0 Å². The summed E-state index contributed by atoms with van der Waals surface area (Å²) in [6.45, 7) is 2.07. The maximum Gasteiger partial charge on any atom is 0.131 e. The van der Waals surface area contributed by atoms with Gasteiger partial charge in [0.05, 0.1) is 0 Å². The number of phenols is 1. The van der Waals surface area contributed by atoms with E-state index in [0.29, 0.717) is 0 Å². The van der Waals surface area contributed by atoms with E-state index in [0.717, 1.165) is 17.7 Å². The van der Waals surface area contributed by atoms with Gasteiger partial charge in [0.1, 0.15) is 17.6 Å². The molecule has 13 heavy (non-hydrogen) atoms. The Hall–Kier alpha value is -1.44. The summed E-state index contributed by atoms with van der Waals surface area (Å²) in [5.74, 6) is 1.03. The summed E-state index contributed by atoms with van der Waals surface area (Å²) in [5, 5.41) is 9.24. The first-order valence-electron chi connectivity index (χ1n) is 4.47. The molecule has 0 fully saturated rings. The van der Waals surface area contributed by atoms with Gasteiger partial charge in [0.15, 0.2) is 0 Å². The first-order valence-corrected chi connectivity index (χ1v) is 4.47. The topological polar surface area (TPSA) is 29.5 Å². The van der Waals surface area contributed by atoms with Gasteiger partial charge in [0.2, 0.25) is 0 Å². The molecule has 1 aliphatic rings. The van der Waals surface area contributed by atoms with Gasteiger partial charge < -0.3 is 9.84 Å². The van der Waals surface area contributed by atoms with E-state index in [-0.39, 0.29) is 11.9 Å². The minimum atomic E-state index is 0.147. The average molecular weight is 176 g/mol. The van der Waals surface area contributed by atoms with Crippen molar-refractivity contribution in [2.45, 2.75) is 19.4 Å². The Labute approximate surface area is 77.5 Å². The Morgan fingerprint density at radius 1 is 1.46 bits per heavy atom. The molecule has 1 atom stereocenters. The minimum Gasteiger partial charge on any atom is -0.508 e. The number of fused-ring (bicyclic) bond motifs is 1. The zero-order valence-corrected chi connectivity index (χ0v) is 7.53. The fourth-order valence-electron chi connectivity index (χ4n) is 1.40. The van der Waals surface area contributed by atoms with Gasteiger partial charge in [0, 0.05) is 11.6 Å². The summed E-state index contributed by atoms with van der Waals surface area (Å²) in [6, 6.07) is 5.17. The van der Waals surface area contributed by atoms with Crippen LogP contribution >= 0.6 is 0 Å². The Bertz CT molecular complexity index is 342. The van der Waals surface area contributed by atoms with Crippen LogP contribution < -0.4 is 4.74 Å². The molecule has 1 aromatic carbocycles. The normalized spacial score (nSPS) is 19.3. The lowest BCUT2D eigenvalue weighted by Crippen LogP contribution is -2.15. The molecule has 2 nitrogen and oxygen atoms in total. The molecule has 1 aromatic rings. The molecule has 0 saturated heterocycles. The number of rotatable bonds is 1. The van der Waals surface area contributed by atoms with Gasteiger partial charge in [-0.25, -0.2) is 0 Å². The summed E-state index contributed by atoms with van der Waals surface area (Å²) >= 11 is 0. The number of phenolic OH excluding ortho intramolecular Hbond substituents is 1. The highest BCUT2D eigenvalue weighted by atomic mass is 16.5. The van der Waals surface area contributed by atoms with Gasteiger partial charge in [-0.05, 0) is 24.6 Å². The first-order chi connectivity index (χ1) is 6.29. The molecule has 0 radical (unpaired) electrons. The largest absolute Gasteiger partial charge is 0.508 e. The highest BCUT2D eigenvalue weighted by Gasteiger charge is 2.12. The third-order valence-corrected chi connectivity index (χ3v) is 2.17. The number of hydrogen-bond acceptors (Lipinski definition) is 2. The molecule has 1 N–H and O–H groups in total. The average Bonchev–Trinajstić information content (AvgIpc) is 2.16. The monoisotopic (exact) mass is 176 g/mol. The quantitative estimate of drug-likeness (QED) is 0.712. The molecule has 1 unspecified atom stereocenters. The molecule has 0 aliphatic carbocycles. The molecular formula is C11H12O2. The van der Waals surface area contributed by atoms with Crippen LogP contribution in [0.15, 0.2) is 24.3 Å². The standard InChI is InChI=1S/C11H12O2/c1-2-10-6-4-8-3-5-9(12)7-11(8)13-10/h3-7,10,12H,2H2,1H3. The van der Waals surface area contributed by atoms with Crippen molar-refractivity contribution in [1.29, 1.82) is 0 Å². The molecule has 1 heterocycles. The number of aromatic hydroxyl groups is 1. The van der Waals surface area contributed by atoms with E-state index in [1.165, 1.54) is 0 Å². The smallest absolute Gasteiger partial charge is 0.131 e. The molecule has 0 spiro atoms. The van der Waals surface area contributed by atoms with Gasteiger partial charge in [0.25, 0.3) is 0 Å². The zero-order valence-electron chi connectivity index (χ0n) is 7.53. The van der Waals surface area contributed by atoms with Crippen molar-refractivity contribution in [3.05, 3.63) is 29.8 Å². The minimum absolute atomic E-state index is 0.147. The second kappa shape index (κ2) is 3.13. The summed E-state index contributed by atoms with van der Waals surface area (Å²) < 4.78 is 5.62. The van der Waals surface area contributed by atoms with Crippen LogP contribution in [-0.2, 0) is 0 Å². The van der Waals surface area contributed by atoms with E-state index in [2.05, 4.69) is 6.92 Å². The second-order valence-electron chi connectivity index (χ2n) is 3.15. The van der Waals surface area contributed by atoms with Gasteiger partial charge in [-0.1, -0.05) is 13.0 Å². The molecule has 1 aliphatic heterocycles. The third kappa shape index (κ3) is 1.52. The molecule has 2 heteroatoms. The summed E-state index contributed by atoms with van der Waals surface area (Å²) in [5.41, 5.74) is 1.03. The van der Waals surface area contributed by atoms with Crippen molar-refractivity contribution in [3.8, 4) is 11.5 Å². The maximum atomic E-state index is 9.24. The summed E-state index contributed by atoms with van der Waals surface area (Å²) in [6.07, 6.45) is 5.17. The lowest BCUT2D eigenvalue weighted by Gasteiger charge is -2.20. The number of ether oxygens (including phenoxy) is 1. The predicted octanol–water partition coefficient (Wildman–Crippen LogP) is 2.58. The molecule has 0 aromatic heterocycles. The predicted molar refractivity (Wildman–Crippen MR) is 51.8 cm³/mol. The van der Waals surface area contributed by atoms with Crippen molar-refractivity contribution in [2.24, 2.45) is 0 Å². The van der Waals surface area contributed by atoms with E-state index in [1.54, 1.807) is 12.1 Å². The number of hydrogen-bond donors (Lipinski definition) is 1. The Kier molecular flexibility index (Phi) is 1.97. The molecule has 2 rings (SSSR count). The third-order valence-electron chi connectivity index (χ3n) is 2.17. The summed E-state index contributed by atoms with van der Waals surface area (Å²) in [7, 11) is 0. The Morgan fingerprint density at radius 2 is 2.31 bits per heavy atom. The van der Waals surface area contributed by atoms with Crippen LogP contribution in [0.25, 0.3) is 6.08 Å². The van der Waals surface area contributed by atoms with Crippen LogP contribution in [0.1, 0.15) is 18.9 Å². The molecule has 0 bridgehead atoms. The SMILES string of the molecule is CCC1C=Cc2ccc(O)cc2O1. The Morgan fingerprint density at radius 3 is 3.08 bits per heavy atom. The molecular weight excluding hydrogens is 164 g/mol. The van der Waals surface area contributed by atoms with E-state index in [1.807, 2.05) is 18.2 Å². The van der Waals surface area contributed by atoms with Crippen molar-refractivity contribution in [1.82, 2.24) is 0 Å². The maximum absolute atomic E-state index is 9.24. The van der Waals surface area contributed by atoms with Crippen molar-refractivity contribution < 1.29 is 9.84 Å². The Balaban J connectivity index is 2.36. The number of benzene rings is 1. The van der Waals surface area contributed by atoms with Crippen molar-refractivity contribution in [3.63, 3.8) is 0 Å². The zero-order chi connectivity index (χ0) is 9.26. The van der Waals surface area contributed by atoms with E-state index in [9.17, 15) is 5.11 Å². The second-order valence-corrected chi connectivity index (χ2v) is 3.15. The van der Waals surface area contributed by atoms with Crippen molar-refractivity contribution in [2.75, 3.05) is 0 Å². The van der Waals surface area contributed by atoms with Crippen LogP contribution in [0.5, 0.6) is 11.5 Å². The molecule has 0 saturated carbocycles. The fourth-order valence-corrected chi connectivity index (χ4v) is 1.40. The lowest BCUT2D eigenvalue weighted by molar-refractivity contribution is 0.240. The first kappa shape index (κ1) is 8.17.